The molecule has 1 rings (SSSR count). The van der Waals surface area contributed by atoms with Crippen LogP contribution in [-0.4, -0.2) is 5.11 Å². The monoisotopic (exact) mass is 262 g/mol. The van der Waals surface area contributed by atoms with Gasteiger partial charge in [0.15, 0.2) is 0 Å². The molecule has 0 saturated carbocycles. The first-order valence-corrected chi connectivity index (χ1v) is 7.94. The fourth-order valence-corrected chi connectivity index (χ4v) is 2.70. The Morgan fingerprint density at radius 2 is 1.42 bits per heavy atom. The number of rotatable bonds is 9. The van der Waals surface area contributed by atoms with Crippen LogP contribution in [0.2, 0.25) is 0 Å². The number of aryl methyl sites for hydroxylation is 1. The van der Waals surface area contributed by atoms with E-state index in [9.17, 15) is 5.11 Å². The van der Waals surface area contributed by atoms with Gasteiger partial charge in [-0.25, -0.2) is 0 Å². The summed E-state index contributed by atoms with van der Waals surface area (Å²) >= 11 is 0. The lowest BCUT2D eigenvalue weighted by molar-refractivity contribution is 0.469. The first-order chi connectivity index (χ1) is 9.16. The van der Waals surface area contributed by atoms with Crippen LogP contribution < -0.4 is 0 Å². The molecule has 19 heavy (non-hydrogen) atoms. The average Bonchev–Trinajstić information content (AvgIpc) is 2.40. The highest BCUT2D eigenvalue weighted by Crippen LogP contribution is 2.25. The Labute approximate surface area is 119 Å². The van der Waals surface area contributed by atoms with E-state index in [0.717, 1.165) is 12.0 Å². The van der Waals surface area contributed by atoms with Gasteiger partial charge in [0.25, 0.3) is 0 Å². The lowest BCUT2D eigenvalue weighted by Crippen LogP contribution is -1.94. The van der Waals surface area contributed by atoms with Gasteiger partial charge < -0.3 is 5.11 Å². The highest BCUT2D eigenvalue weighted by molar-refractivity contribution is 5.42. The number of hydrogen-bond donors (Lipinski definition) is 1. The minimum Gasteiger partial charge on any atom is -0.508 e. The highest BCUT2D eigenvalue weighted by Gasteiger charge is 2.06. The van der Waals surface area contributed by atoms with E-state index < -0.39 is 0 Å². The van der Waals surface area contributed by atoms with Crippen LogP contribution in [0.1, 0.15) is 75.0 Å². The minimum atomic E-state index is 0.445. The van der Waals surface area contributed by atoms with Crippen molar-refractivity contribution in [2.75, 3.05) is 0 Å². The van der Waals surface area contributed by atoms with Crippen LogP contribution in [-0.2, 0) is 6.42 Å². The summed E-state index contributed by atoms with van der Waals surface area (Å²) in [6.07, 6.45) is 12.0. The predicted octanol–water partition coefficient (Wildman–Crippen LogP) is 5.69. The summed E-state index contributed by atoms with van der Waals surface area (Å²) < 4.78 is 0. The first kappa shape index (κ1) is 16.1. The van der Waals surface area contributed by atoms with Crippen LogP contribution in [0.25, 0.3) is 0 Å². The molecule has 1 heteroatoms. The second-order valence-corrected chi connectivity index (χ2v) is 5.73. The standard InChI is InChI=1S/C18H30O/c1-4-5-6-7-8-9-10-11-12-17-15(2)13-14-18(19)16(17)3/h13-14,19H,4-12H2,1-3H3. The summed E-state index contributed by atoms with van der Waals surface area (Å²) in [5, 5.41) is 9.75. The second kappa shape index (κ2) is 9.01. The third-order valence-corrected chi connectivity index (χ3v) is 4.08. The van der Waals surface area contributed by atoms with E-state index >= 15 is 0 Å². The van der Waals surface area contributed by atoms with Crippen LogP contribution in [0, 0.1) is 13.8 Å². The van der Waals surface area contributed by atoms with Crippen LogP contribution >= 0.6 is 0 Å². The van der Waals surface area contributed by atoms with Gasteiger partial charge in [-0.1, -0.05) is 57.9 Å². The molecule has 1 aromatic rings. The summed E-state index contributed by atoms with van der Waals surface area (Å²) in [5.74, 6) is 0.445. The molecule has 0 radical (unpaired) electrons. The molecule has 1 nitrogen and oxygen atoms in total. The molecular formula is C18H30O. The van der Waals surface area contributed by atoms with E-state index in [1.165, 1.54) is 62.5 Å². The summed E-state index contributed by atoms with van der Waals surface area (Å²) in [7, 11) is 0. The fourth-order valence-electron chi connectivity index (χ4n) is 2.70. The topological polar surface area (TPSA) is 20.2 Å². The Kier molecular flexibility index (Phi) is 7.62. The van der Waals surface area contributed by atoms with Gasteiger partial charge >= 0.3 is 0 Å². The van der Waals surface area contributed by atoms with Crippen LogP contribution in [0.15, 0.2) is 12.1 Å². The van der Waals surface area contributed by atoms with E-state index in [2.05, 4.69) is 13.8 Å². The number of phenols is 1. The zero-order valence-corrected chi connectivity index (χ0v) is 13.0. The van der Waals surface area contributed by atoms with E-state index in [1.807, 2.05) is 19.1 Å². The summed E-state index contributed by atoms with van der Waals surface area (Å²) in [5.41, 5.74) is 3.74. The zero-order valence-electron chi connectivity index (χ0n) is 13.0. The van der Waals surface area contributed by atoms with Crippen molar-refractivity contribution in [3.05, 3.63) is 28.8 Å². The zero-order chi connectivity index (χ0) is 14.1. The molecule has 0 aliphatic carbocycles. The van der Waals surface area contributed by atoms with Crippen molar-refractivity contribution in [3.8, 4) is 5.75 Å². The smallest absolute Gasteiger partial charge is 0.118 e. The molecule has 0 fully saturated rings. The van der Waals surface area contributed by atoms with Crippen molar-refractivity contribution in [2.45, 2.75) is 78.6 Å². The quantitative estimate of drug-likeness (QED) is 0.567. The SMILES string of the molecule is CCCCCCCCCCc1c(C)ccc(O)c1C. The fraction of sp³-hybridized carbons (Fsp3) is 0.667. The van der Waals surface area contributed by atoms with Crippen molar-refractivity contribution in [1.82, 2.24) is 0 Å². The van der Waals surface area contributed by atoms with Gasteiger partial charge in [-0.3, -0.25) is 0 Å². The van der Waals surface area contributed by atoms with Crippen LogP contribution in [0.5, 0.6) is 5.75 Å². The van der Waals surface area contributed by atoms with Gasteiger partial charge in [0, 0.05) is 0 Å². The largest absolute Gasteiger partial charge is 0.508 e. The minimum absolute atomic E-state index is 0.445. The molecule has 108 valence electrons. The van der Waals surface area contributed by atoms with E-state index in [4.69, 9.17) is 0 Å². The molecule has 0 unspecified atom stereocenters. The van der Waals surface area contributed by atoms with E-state index in [0.29, 0.717) is 5.75 Å². The Morgan fingerprint density at radius 1 is 0.842 bits per heavy atom. The molecule has 0 atom stereocenters. The molecule has 0 bridgehead atoms. The molecule has 1 N–H and O–H groups in total. The summed E-state index contributed by atoms with van der Waals surface area (Å²) in [6.45, 7) is 6.44. The molecule has 0 saturated heterocycles. The number of hydrogen-bond acceptors (Lipinski definition) is 1. The van der Waals surface area contributed by atoms with Crippen molar-refractivity contribution >= 4 is 0 Å². The molecule has 0 amide bonds. The van der Waals surface area contributed by atoms with Gasteiger partial charge in [0.1, 0.15) is 5.75 Å². The number of unbranched alkanes of at least 4 members (excludes halogenated alkanes) is 7. The molecular weight excluding hydrogens is 232 g/mol. The van der Waals surface area contributed by atoms with Crippen LogP contribution in [0.4, 0.5) is 0 Å². The number of aromatic hydroxyl groups is 1. The molecule has 0 aromatic heterocycles. The highest BCUT2D eigenvalue weighted by atomic mass is 16.3. The Balaban J connectivity index is 2.21. The van der Waals surface area contributed by atoms with Crippen LogP contribution in [0.3, 0.4) is 0 Å². The molecule has 0 heterocycles. The van der Waals surface area contributed by atoms with Gasteiger partial charge in [-0.2, -0.15) is 0 Å². The maximum atomic E-state index is 9.75. The second-order valence-electron chi connectivity index (χ2n) is 5.73. The Morgan fingerprint density at radius 3 is 2.05 bits per heavy atom. The molecule has 0 aliphatic heterocycles. The lowest BCUT2D eigenvalue weighted by Gasteiger charge is -2.11. The maximum absolute atomic E-state index is 9.75. The molecule has 1 aromatic carbocycles. The van der Waals surface area contributed by atoms with Crippen molar-refractivity contribution in [2.24, 2.45) is 0 Å². The summed E-state index contributed by atoms with van der Waals surface area (Å²) in [6, 6.07) is 3.84. The Hall–Kier alpha value is -0.980. The normalized spacial score (nSPS) is 10.9. The third-order valence-electron chi connectivity index (χ3n) is 4.08. The molecule has 0 aliphatic rings. The molecule has 0 spiro atoms. The average molecular weight is 262 g/mol. The first-order valence-electron chi connectivity index (χ1n) is 7.94. The summed E-state index contributed by atoms with van der Waals surface area (Å²) in [4.78, 5) is 0. The lowest BCUT2D eigenvalue weighted by atomic mass is 9.96. The number of benzene rings is 1. The van der Waals surface area contributed by atoms with E-state index in [1.54, 1.807) is 0 Å². The van der Waals surface area contributed by atoms with Gasteiger partial charge in [-0.15, -0.1) is 0 Å². The van der Waals surface area contributed by atoms with E-state index in [-0.39, 0.29) is 0 Å². The number of phenolic OH excluding ortho intramolecular Hbond substituents is 1. The Bertz CT molecular complexity index is 368. The third kappa shape index (κ3) is 5.67. The van der Waals surface area contributed by atoms with Crippen molar-refractivity contribution in [3.63, 3.8) is 0 Å². The van der Waals surface area contributed by atoms with Crippen molar-refractivity contribution < 1.29 is 5.11 Å². The van der Waals surface area contributed by atoms with Gasteiger partial charge in [-0.05, 0) is 49.4 Å². The van der Waals surface area contributed by atoms with Gasteiger partial charge in [0.2, 0.25) is 0 Å². The van der Waals surface area contributed by atoms with Gasteiger partial charge in [0.05, 0.1) is 0 Å². The predicted molar refractivity (Wildman–Crippen MR) is 83.9 cm³/mol. The maximum Gasteiger partial charge on any atom is 0.118 e. The van der Waals surface area contributed by atoms with Crippen molar-refractivity contribution in [1.29, 1.82) is 0 Å².